The molecule has 2 aromatic rings. The van der Waals surface area contributed by atoms with Crippen molar-refractivity contribution in [2.24, 2.45) is 0 Å². The molecule has 0 spiro atoms. The summed E-state index contributed by atoms with van der Waals surface area (Å²) in [4.78, 5) is 14.3. The Kier molecular flexibility index (Phi) is 6.97. The molecule has 1 amide bonds. The Morgan fingerprint density at radius 1 is 1.15 bits per heavy atom. The minimum absolute atomic E-state index is 0.102. The summed E-state index contributed by atoms with van der Waals surface area (Å²) >= 11 is 1.49. The van der Waals surface area contributed by atoms with Gasteiger partial charge in [-0.3, -0.25) is 4.79 Å². The van der Waals surface area contributed by atoms with Gasteiger partial charge in [-0.25, -0.2) is 13.1 Å². The zero-order valence-electron chi connectivity index (χ0n) is 15.6. The molecule has 0 aliphatic carbocycles. The number of aryl methyl sites for hydroxylation is 2. The maximum Gasteiger partial charge on any atom is 0.261 e. The first-order valence-corrected chi connectivity index (χ1v) is 11.1. The molecule has 0 radical (unpaired) electrons. The summed E-state index contributed by atoms with van der Waals surface area (Å²) in [7, 11) is -3.41. The molecule has 1 aromatic carbocycles. The number of rotatable bonds is 8. The number of carbonyl (C=O) groups is 1. The van der Waals surface area contributed by atoms with Crippen molar-refractivity contribution in [1.82, 2.24) is 10.0 Å². The highest BCUT2D eigenvalue weighted by Crippen LogP contribution is 2.22. The third kappa shape index (κ3) is 5.65. The van der Waals surface area contributed by atoms with Gasteiger partial charge in [0.25, 0.3) is 5.91 Å². The number of carbonyl (C=O) groups excluding carboxylic acids is 1. The molecule has 0 saturated heterocycles. The van der Waals surface area contributed by atoms with Crippen molar-refractivity contribution in [1.29, 1.82) is 0 Å². The molecule has 142 valence electrons. The Morgan fingerprint density at radius 2 is 1.81 bits per heavy atom. The molecule has 0 aliphatic heterocycles. The predicted octanol–water partition coefficient (Wildman–Crippen LogP) is 3.38. The van der Waals surface area contributed by atoms with E-state index in [0.717, 1.165) is 16.9 Å². The van der Waals surface area contributed by atoms with Crippen LogP contribution in [-0.2, 0) is 28.7 Å². The van der Waals surface area contributed by atoms with Crippen molar-refractivity contribution in [2.45, 2.75) is 52.5 Å². The molecular formula is C19H26N2O3S2. The molecule has 26 heavy (non-hydrogen) atoms. The summed E-state index contributed by atoms with van der Waals surface area (Å²) in [6, 6.07) is 9.06. The average Bonchev–Trinajstić information content (AvgIpc) is 2.93. The second-order valence-electron chi connectivity index (χ2n) is 6.53. The summed E-state index contributed by atoms with van der Waals surface area (Å²) in [5.41, 5.74) is 2.68. The number of hydrogen-bond donors (Lipinski definition) is 2. The molecule has 1 aromatic heterocycles. The molecule has 2 rings (SSSR count). The third-order valence-electron chi connectivity index (χ3n) is 3.94. The first-order valence-electron chi connectivity index (χ1n) is 8.66. The molecule has 7 heteroatoms. The molecule has 5 nitrogen and oxygen atoms in total. The predicted molar refractivity (Wildman–Crippen MR) is 107 cm³/mol. The summed E-state index contributed by atoms with van der Waals surface area (Å²) in [6.45, 7) is 7.96. The number of nitrogens with one attached hydrogen (secondary N) is 2. The molecule has 0 bridgehead atoms. The van der Waals surface area contributed by atoms with Gasteiger partial charge in [0.2, 0.25) is 10.0 Å². The fraction of sp³-hybridized carbons (Fsp3) is 0.421. The highest BCUT2D eigenvalue weighted by atomic mass is 32.2. The van der Waals surface area contributed by atoms with Gasteiger partial charge >= 0.3 is 0 Å². The van der Waals surface area contributed by atoms with E-state index in [4.69, 9.17) is 0 Å². The minimum Gasteiger partial charge on any atom is -0.347 e. The second kappa shape index (κ2) is 8.79. The van der Waals surface area contributed by atoms with E-state index < -0.39 is 10.0 Å². The number of sulfonamides is 1. The lowest BCUT2D eigenvalue weighted by molar-refractivity contribution is 0.0955. The van der Waals surface area contributed by atoms with Gasteiger partial charge in [-0.2, -0.15) is 0 Å². The highest BCUT2D eigenvalue weighted by Gasteiger charge is 2.16. The standard InChI is InChI=1S/C19H26N2O3S2/c1-5-15-10-18(25-14(15)4)19(22)20-11-16-8-6-7-9-17(16)12-26(23,24)21-13(2)3/h6-10,13,21H,5,11-12H2,1-4H3,(H,20,22). The minimum atomic E-state index is -3.41. The van der Waals surface area contributed by atoms with Crippen LogP contribution in [0.1, 0.15) is 52.0 Å². The van der Waals surface area contributed by atoms with E-state index >= 15 is 0 Å². The fourth-order valence-corrected chi connectivity index (χ4v) is 5.24. The summed E-state index contributed by atoms with van der Waals surface area (Å²) in [5.74, 6) is -0.231. The molecule has 0 aliphatic rings. The normalized spacial score (nSPS) is 11.7. The highest BCUT2D eigenvalue weighted by molar-refractivity contribution is 7.88. The van der Waals surface area contributed by atoms with Gasteiger partial charge in [0, 0.05) is 17.5 Å². The topological polar surface area (TPSA) is 75.3 Å². The van der Waals surface area contributed by atoms with Gasteiger partial charge in [-0.05, 0) is 49.9 Å². The SMILES string of the molecule is CCc1cc(C(=O)NCc2ccccc2CS(=O)(=O)NC(C)C)sc1C. The van der Waals surface area contributed by atoms with Gasteiger partial charge in [0.15, 0.2) is 0 Å². The van der Waals surface area contributed by atoms with Crippen LogP contribution in [0.2, 0.25) is 0 Å². The van der Waals surface area contributed by atoms with Gasteiger partial charge in [-0.1, -0.05) is 31.2 Å². The van der Waals surface area contributed by atoms with E-state index in [2.05, 4.69) is 17.0 Å². The molecule has 0 fully saturated rings. The van der Waals surface area contributed by atoms with Crippen molar-refractivity contribution in [3.63, 3.8) is 0 Å². The van der Waals surface area contributed by atoms with Crippen molar-refractivity contribution in [3.8, 4) is 0 Å². The van der Waals surface area contributed by atoms with Crippen LogP contribution >= 0.6 is 11.3 Å². The van der Waals surface area contributed by atoms with Gasteiger partial charge in [-0.15, -0.1) is 11.3 Å². The first kappa shape index (κ1) is 20.6. The molecular weight excluding hydrogens is 368 g/mol. The Labute approximate surface area is 159 Å². The fourth-order valence-electron chi connectivity index (χ4n) is 2.72. The average molecular weight is 395 g/mol. The van der Waals surface area contributed by atoms with E-state index in [0.29, 0.717) is 17.0 Å². The monoisotopic (exact) mass is 394 g/mol. The molecule has 0 atom stereocenters. The van der Waals surface area contributed by atoms with Crippen LogP contribution in [0, 0.1) is 6.92 Å². The molecule has 0 saturated carbocycles. The largest absolute Gasteiger partial charge is 0.347 e. The van der Waals surface area contributed by atoms with Gasteiger partial charge < -0.3 is 5.32 Å². The molecule has 2 N–H and O–H groups in total. The molecule has 0 unspecified atom stereocenters. The van der Waals surface area contributed by atoms with E-state index in [1.807, 2.05) is 31.2 Å². The Bertz CT molecular complexity index is 871. The van der Waals surface area contributed by atoms with Crippen LogP contribution in [0.25, 0.3) is 0 Å². The van der Waals surface area contributed by atoms with Crippen molar-refractivity contribution < 1.29 is 13.2 Å². The maximum absolute atomic E-state index is 12.4. The van der Waals surface area contributed by atoms with Crippen LogP contribution < -0.4 is 10.0 Å². The van der Waals surface area contributed by atoms with E-state index in [1.165, 1.54) is 16.9 Å². The van der Waals surface area contributed by atoms with E-state index in [9.17, 15) is 13.2 Å². The lowest BCUT2D eigenvalue weighted by atomic mass is 10.1. The first-order chi connectivity index (χ1) is 12.2. The van der Waals surface area contributed by atoms with Crippen LogP contribution in [-0.4, -0.2) is 20.4 Å². The smallest absolute Gasteiger partial charge is 0.261 e. The van der Waals surface area contributed by atoms with Crippen LogP contribution in [0.4, 0.5) is 0 Å². The number of benzene rings is 1. The lowest BCUT2D eigenvalue weighted by Crippen LogP contribution is -2.31. The zero-order chi connectivity index (χ0) is 19.3. The zero-order valence-corrected chi connectivity index (χ0v) is 17.3. The quantitative estimate of drug-likeness (QED) is 0.721. The lowest BCUT2D eigenvalue weighted by Gasteiger charge is -2.13. The summed E-state index contributed by atoms with van der Waals surface area (Å²) < 4.78 is 27.0. The second-order valence-corrected chi connectivity index (χ2v) is 9.54. The Hall–Kier alpha value is -1.70. The van der Waals surface area contributed by atoms with Crippen LogP contribution in [0.5, 0.6) is 0 Å². The van der Waals surface area contributed by atoms with Gasteiger partial charge in [0.05, 0.1) is 10.6 Å². The maximum atomic E-state index is 12.4. The number of hydrogen-bond acceptors (Lipinski definition) is 4. The van der Waals surface area contributed by atoms with Crippen molar-refractivity contribution in [3.05, 3.63) is 56.8 Å². The van der Waals surface area contributed by atoms with Crippen LogP contribution in [0.3, 0.4) is 0 Å². The van der Waals surface area contributed by atoms with Crippen LogP contribution in [0.15, 0.2) is 30.3 Å². The van der Waals surface area contributed by atoms with Crippen molar-refractivity contribution in [2.75, 3.05) is 0 Å². The third-order valence-corrected chi connectivity index (χ3v) is 6.56. The number of amides is 1. The summed E-state index contributed by atoms with van der Waals surface area (Å²) in [6.07, 6.45) is 0.902. The van der Waals surface area contributed by atoms with Gasteiger partial charge in [0.1, 0.15) is 0 Å². The molecule has 1 heterocycles. The van der Waals surface area contributed by atoms with E-state index in [1.54, 1.807) is 19.9 Å². The number of thiophene rings is 1. The Morgan fingerprint density at radius 3 is 2.38 bits per heavy atom. The Balaban J connectivity index is 2.09. The summed E-state index contributed by atoms with van der Waals surface area (Å²) in [5, 5.41) is 2.90. The van der Waals surface area contributed by atoms with Crippen molar-refractivity contribution >= 4 is 27.3 Å². The van der Waals surface area contributed by atoms with E-state index in [-0.39, 0.29) is 17.7 Å².